The number of likely N-dealkylation sites (tertiary alicyclic amines) is 1. The Morgan fingerprint density at radius 3 is 2.16 bits per heavy atom. The Balaban J connectivity index is 1.26. The van der Waals surface area contributed by atoms with Gasteiger partial charge in [0.05, 0.1) is 36.1 Å². The molecule has 0 bridgehead atoms. The number of hydrogen-bond donors (Lipinski definition) is 0. The zero-order valence-corrected chi connectivity index (χ0v) is 20.3. The molecule has 176 valence electrons. The fourth-order valence-electron chi connectivity index (χ4n) is 3.86. The zero-order valence-electron chi connectivity index (χ0n) is 20.3. The van der Waals surface area contributed by atoms with Crippen molar-refractivity contribution in [2.45, 2.75) is 109 Å². The lowest BCUT2D eigenvalue weighted by Gasteiger charge is -2.39. The molecule has 2 aliphatic heterocycles. The van der Waals surface area contributed by atoms with Crippen LogP contribution in [-0.2, 0) is 23.5 Å². The summed E-state index contributed by atoms with van der Waals surface area (Å²) in [5.41, 5.74) is -1.08. The third-order valence-corrected chi connectivity index (χ3v) is 6.52. The molecule has 1 amide bonds. The molecule has 0 radical (unpaired) electrons. The van der Waals surface area contributed by atoms with E-state index in [-0.39, 0.29) is 42.7 Å². The van der Waals surface area contributed by atoms with Crippen molar-refractivity contribution < 1.29 is 28.3 Å². The first kappa shape index (κ1) is 24.6. The minimum Gasteiger partial charge on any atom is -0.444 e. The van der Waals surface area contributed by atoms with E-state index in [1.54, 1.807) is 4.90 Å². The molecule has 2 saturated heterocycles. The smallest absolute Gasteiger partial charge is 0.444 e. The molecule has 0 atom stereocenters. The van der Waals surface area contributed by atoms with E-state index in [0.29, 0.717) is 19.7 Å². The fraction of sp³-hybridized carbons (Fsp3) is 0.870. The highest BCUT2D eigenvalue weighted by atomic mass is 16.7. The van der Waals surface area contributed by atoms with E-state index in [1.807, 2.05) is 60.5 Å². The Morgan fingerprint density at radius 2 is 1.61 bits per heavy atom. The predicted molar refractivity (Wildman–Crippen MR) is 120 cm³/mol. The van der Waals surface area contributed by atoms with Crippen molar-refractivity contribution >= 4 is 13.2 Å². The first-order valence-corrected chi connectivity index (χ1v) is 11.6. The standard InChI is InChI=1S/C23H40BNO6/c1-21(2,3)29-20(26)25-12-9-17(10-13-25)28-19-15-18(16-19)27-14-8-11-24-30-22(4,5)23(6,7)31-24/h8,11,17-19H,9-10,12-16H2,1-7H3/b11-8+. The van der Waals surface area contributed by atoms with Gasteiger partial charge in [0.15, 0.2) is 0 Å². The molecule has 7 nitrogen and oxygen atoms in total. The van der Waals surface area contributed by atoms with E-state index in [9.17, 15) is 4.79 Å². The van der Waals surface area contributed by atoms with Crippen LogP contribution in [0.2, 0.25) is 0 Å². The summed E-state index contributed by atoms with van der Waals surface area (Å²) >= 11 is 0. The van der Waals surface area contributed by atoms with Crippen molar-refractivity contribution in [3.05, 3.63) is 12.1 Å². The Labute approximate surface area is 187 Å². The van der Waals surface area contributed by atoms with Crippen LogP contribution in [0.4, 0.5) is 4.79 Å². The summed E-state index contributed by atoms with van der Waals surface area (Å²) in [7, 11) is -0.322. The molecular formula is C23H40BNO6. The first-order chi connectivity index (χ1) is 14.3. The molecule has 3 fully saturated rings. The second kappa shape index (κ2) is 9.42. The molecule has 1 saturated carbocycles. The molecule has 0 N–H and O–H groups in total. The lowest BCUT2D eigenvalue weighted by atomic mass is 9.90. The second-order valence-corrected chi connectivity index (χ2v) is 10.9. The SMILES string of the molecule is CC(C)(C)OC(=O)N1CCC(OC2CC(OC/C=C/B3OC(C)(C)C(C)(C)O3)C2)CC1. The largest absolute Gasteiger partial charge is 0.486 e. The van der Waals surface area contributed by atoms with Gasteiger partial charge in [-0.25, -0.2) is 4.79 Å². The third-order valence-electron chi connectivity index (χ3n) is 6.52. The topological polar surface area (TPSA) is 66.5 Å². The van der Waals surface area contributed by atoms with Gasteiger partial charge >= 0.3 is 13.2 Å². The molecule has 0 aromatic rings. The summed E-state index contributed by atoms with van der Waals surface area (Å²) in [5, 5.41) is 0. The van der Waals surface area contributed by atoms with Crippen molar-refractivity contribution in [2.24, 2.45) is 0 Å². The molecule has 0 aromatic heterocycles. The van der Waals surface area contributed by atoms with Crippen LogP contribution < -0.4 is 0 Å². The summed E-state index contributed by atoms with van der Waals surface area (Å²) in [4.78, 5) is 13.9. The summed E-state index contributed by atoms with van der Waals surface area (Å²) in [6.07, 6.45) is 6.04. The molecule has 0 aromatic carbocycles. The molecule has 2 heterocycles. The fourth-order valence-corrected chi connectivity index (χ4v) is 3.86. The maximum atomic E-state index is 12.2. The van der Waals surface area contributed by atoms with Crippen molar-refractivity contribution in [1.29, 1.82) is 0 Å². The second-order valence-electron chi connectivity index (χ2n) is 10.9. The van der Waals surface area contributed by atoms with Gasteiger partial charge in [-0.05, 0) is 74.1 Å². The Hall–Kier alpha value is -1.09. The van der Waals surface area contributed by atoms with Gasteiger partial charge in [0, 0.05) is 13.1 Å². The lowest BCUT2D eigenvalue weighted by Crippen LogP contribution is -2.46. The summed E-state index contributed by atoms with van der Waals surface area (Å²) in [6, 6.07) is 0. The van der Waals surface area contributed by atoms with Crippen LogP contribution in [0.25, 0.3) is 0 Å². The molecule has 31 heavy (non-hydrogen) atoms. The molecule has 8 heteroatoms. The van der Waals surface area contributed by atoms with Crippen LogP contribution in [0.1, 0.15) is 74.1 Å². The van der Waals surface area contributed by atoms with Gasteiger partial charge < -0.3 is 28.4 Å². The van der Waals surface area contributed by atoms with Gasteiger partial charge in [0.2, 0.25) is 0 Å². The number of carbonyl (C=O) groups is 1. The van der Waals surface area contributed by atoms with E-state index in [1.165, 1.54) is 0 Å². The highest BCUT2D eigenvalue weighted by molar-refractivity contribution is 6.51. The number of carbonyl (C=O) groups excluding carboxylic acids is 1. The highest BCUT2D eigenvalue weighted by Crippen LogP contribution is 2.37. The first-order valence-electron chi connectivity index (χ1n) is 11.6. The number of rotatable bonds is 6. The number of ether oxygens (including phenoxy) is 3. The monoisotopic (exact) mass is 437 g/mol. The van der Waals surface area contributed by atoms with Crippen molar-refractivity contribution in [2.75, 3.05) is 19.7 Å². The average molecular weight is 437 g/mol. The van der Waals surface area contributed by atoms with E-state index >= 15 is 0 Å². The number of nitrogens with zero attached hydrogens (tertiary/aromatic N) is 1. The van der Waals surface area contributed by atoms with Crippen LogP contribution in [0.15, 0.2) is 12.1 Å². The predicted octanol–water partition coefficient (Wildman–Crippen LogP) is 4.14. The number of hydrogen-bond acceptors (Lipinski definition) is 6. The van der Waals surface area contributed by atoms with Gasteiger partial charge in [0.25, 0.3) is 0 Å². The summed E-state index contributed by atoms with van der Waals surface area (Å²) in [5.74, 6) is 1.93. The summed E-state index contributed by atoms with van der Waals surface area (Å²) < 4.78 is 29.4. The van der Waals surface area contributed by atoms with Crippen molar-refractivity contribution in [1.82, 2.24) is 4.90 Å². The molecule has 0 unspecified atom stereocenters. The molecule has 1 aliphatic carbocycles. The Bertz CT molecular complexity index is 629. The quantitative estimate of drug-likeness (QED) is 0.582. The van der Waals surface area contributed by atoms with E-state index in [4.69, 9.17) is 23.5 Å². The van der Waals surface area contributed by atoms with Gasteiger partial charge in [-0.2, -0.15) is 0 Å². The van der Waals surface area contributed by atoms with Crippen LogP contribution in [-0.4, -0.2) is 72.9 Å². The van der Waals surface area contributed by atoms with Gasteiger partial charge in [-0.15, -0.1) is 0 Å². The minimum absolute atomic E-state index is 0.216. The zero-order chi connectivity index (χ0) is 22.9. The van der Waals surface area contributed by atoms with Crippen LogP contribution in [0, 0.1) is 0 Å². The maximum Gasteiger partial charge on any atom is 0.486 e. The van der Waals surface area contributed by atoms with E-state index < -0.39 is 5.60 Å². The third kappa shape index (κ3) is 6.70. The number of amides is 1. The minimum atomic E-state index is -0.453. The van der Waals surface area contributed by atoms with Crippen LogP contribution in [0.3, 0.4) is 0 Å². The number of piperidine rings is 1. The molecule has 3 aliphatic rings. The molecule has 0 spiro atoms. The average Bonchev–Trinajstić information content (AvgIpc) is 2.81. The van der Waals surface area contributed by atoms with Crippen molar-refractivity contribution in [3.8, 4) is 0 Å². The summed E-state index contributed by atoms with van der Waals surface area (Å²) in [6.45, 7) is 15.8. The van der Waals surface area contributed by atoms with Crippen LogP contribution >= 0.6 is 0 Å². The van der Waals surface area contributed by atoms with Gasteiger partial charge in [-0.3, -0.25) is 0 Å². The molecular weight excluding hydrogens is 397 g/mol. The Morgan fingerprint density at radius 1 is 1.03 bits per heavy atom. The normalized spacial score (nSPS) is 28.7. The van der Waals surface area contributed by atoms with Crippen LogP contribution in [0.5, 0.6) is 0 Å². The highest BCUT2D eigenvalue weighted by Gasteiger charge is 2.50. The van der Waals surface area contributed by atoms with E-state index in [0.717, 1.165) is 25.7 Å². The molecule has 3 rings (SSSR count). The van der Waals surface area contributed by atoms with Gasteiger partial charge in [-0.1, -0.05) is 12.1 Å². The van der Waals surface area contributed by atoms with Gasteiger partial charge in [0.1, 0.15) is 5.60 Å². The van der Waals surface area contributed by atoms with Crippen molar-refractivity contribution in [3.63, 3.8) is 0 Å². The van der Waals surface area contributed by atoms with E-state index in [2.05, 4.69) is 0 Å². The Kier molecular flexibility index (Phi) is 7.46. The maximum absolute atomic E-state index is 12.2. The lowest BCUT2D eigenvalue weighted by molar-refractivity contribution is -0.130.